The molecular formula is C22H26ClN3O4S2. The van der Waals surface area contributed by atoms with E-state index in [4.69, 9.17) is 16.3 Å². The second-order valence-corrected chi connectivity index (χ2v) is 11.6. The number of sulfonamides is 1. The predicted molar refractivity (Wildman–Crippen MR) is 127 cm³/mol. The number of carbonyl (C=O) groups is 1. The van der Waals surface area contributed by atoms with Crippen LogP contribution in [0.2, 0.25) is 5.02 Å². The van der Waals surface area contributed by atoms with Gasteiger partial charge in [0.05, 0.1) is 29.7 Å². The van der Waals surface area contributed by atoms with E-state index in [1.807, 2.05) is 18.2 Å². The number of thioether (sulfide) groups is 1. The summed E-state index contributed by atoms with van der Waals surface area (Å²) in [5.74, 6) is 0.579. The summed E-state index contributed by atoms with van der Waals surface area (Å²) in [5.41, 5.74) is 2.05. The molecule has 0 aromatic heterocycles. The van der Waals surface area contributed by atoms with E-state index in [1.54, 1.807) is 23.9 Å². The number of carbonyl (C=O) groups excluding carboxylic acids is 1. The standard InChI is InChI=1S/C22H26ClN3O4S2/c1-25(2)32(28,29)16-4-5-20(26-8-10-30-11-9-26)18(14-16)22(27)24-19-7-12-31-21-6-3-15(23)13-17(19)21/h3-6,13-14,19H,7-12H2,1-2H3,(H,24,27)/t19-/m0/s1. The molecule has 1 saturated heterocycles. The lowest BCUT2D eigenvalue weighted by atomic mass is 10.0. The molecule has 2 aliphatic heterocycles. The number of halogens is 1. The van der Waals surface area contributed by atoms with Crippen LogP contribution in [0.5, 0.6) is 0 Å². The van der Waals surface area contributed by atoms with E-state index in [0.29, 0.717) is 42.6 Å². The SMILES string of the molecule is CN(C)S(=O)(=O)c1ccc(N2CCOCC2)c(C(=O)N[C@H]2CCSc3ccc(Cl)cc32)c1. The van der Waals surface area contributed by atoms with Crippen molar-refractivity contribution in [2.45, 2.75) is 22.3 Å². The summed E-state index contributed by atoms with van der Waals surface area (Å²) in [4.78, 5) is 16.8. The third kappa shape index (κ3) is 4.77. The molecule has 0 spiro atoms. The van der Waals surface area contributed by atoms with Crippen LogP contribution >= 0.6 is 23.4 Å². The van der Waals surface area contributed by atoms with Gasteiger partial charge in [-0.2, -0.15) is 0 Å². The zero-order valence-electron chi connectivity index (χ0n) is 18.0. The van der Waals surface area contributed by atoms with Crippen LogP contribution < -0.4 is 10.2 Å². The summed E-state index contributed by atoms with van der Waals surface area (Å²) in [6.07, 6.45) is 0.770. The highest BCUT2D eigenvalue weighted by Crippen LogP contribution is 2.38. The van der Waals surface area contributed by atoms with Crippen molar-refractivity contribution in [3.8, 4) is 0 Å². The van der Waals surface area contributed by atoms with Gasteiger partial charge in [0, 0.05) is 48.5 Å². The molecule has 0 saturated carbocycles. The first kappa shape index (κ1) is 23.4. The van der Waals surface area contributed by atoms with E-state index < -0.39 is 10.0 Å². The summed E-state index contributed by atoms with van der Waals surface area (Å²) in [6, 6.07) is 10.3. The minimum atomic E-state index is -3.68. The zero-order valence-corrected chi connectivity index (χ0v) is 20.4. The van der Waals surface area contributed by atoms with Crippen LogP contribution in [0.3, 0.4) is 0 Å². The van der Waals surface area contributed by atoms with Crippen molar-refractivity contribution < 1.29 is 17.9 Å². The maximum atomic E-state index is 13.5. The molecule has 1 amide bonds. The van der Waals surface area contributed by atoms with E-state index in [9.17, 15) is 13.2 Å². The first-order chi connectivity index (χ1) is 15.3. The van der Waals surface area contributed by atoms with Crippen molar-refractivity contribution in [3.05, 3.63) is 52.5 Å². The number of nitrogens with one attached hydrogen (secondary N) is 1. The van der Waals surface area contributed by atoms with Gasteiger partial charge in [-0.1, -0.05) is 11.6 Å². The quantitative estimate of drug-likeness (QED) is 0.685. The molecule has 1 fully saturated rings. The number of anilines is 1. The molecule has 0 bridgehead atoms. The van der Waals surface area contributed by atoms with Crippen LogP contribution in [0.15, 0.2) is 46.2 Å². The van der Waals surface area contributed by atoms with Gasteiger partial charge in [0.2, 0.25) is 10.0 Å². The summed E-state index contributed by atoms with van der Waals surface area (Å²) in [5, 5.41) is 3.75. The summed E-state index contributed by atoms with van der Waals surface area (Å²) >= 11 is 7.95. The van der Waals surface area contributed by atoms with E-state index in [-0.39, 0.29) is 16.8 Å². The monoisotopic (exact) mass is 495 g/mol. The first-order valence-electron chi connectivity index (χ1n) is 10.4. The largest absolute Gasteiger partial charge is 0.378 e. The van der Waals surface area contributed by atoms with Crippen molar-refractivity contribution in [1.29, 1.82) is 0 Å². The summed E-state index contributed by atoms with van der Waals surface area (Å²) in [6.45, 7) is 2.40. The van der Waals surface area contributed by atoms with Gasteiger partial charge < -0.3 is 15.0 Å². The van der Waals surface area contributed by atoms with Gasteiger partial charge >= 0.3 is 0 Å². The molecule has 7 nitrogen and oxygen atoms in total. The van der Waals surface area contributed by atoms with Crippen LogP contribution in [0.1, 0.15) is 28.4 Å². The Morgan fingerprint density at radius 1 is 1.19 bits per heavy atom. The van der Waals surface area contributed by atoms with Gasteiger partial charge in [-0.15, -0.1) is 11.8 Å². The Hall–Kier alpha value is -1.78. The van der Waals surface area contributed by atoms with Crippen molar-refractivity contribution in [2.24, 2.45) is 0 Å². The second-order valence-electron chi connectivity index (χ2n) is 7.91. The van der Waals surface area contributed by atoms with Crippen LogP contribution in [0.25, 0.3) is 0 Å². The molecule has 4 rings (SSSR count). The lowest BCUT2D eigenvalue weighted by Gasteiger charge is -2.31. The predicted octanol–water partition coefficient (Wildman–Crippen LogP) is 3.39. The Balaban J connectivity index is 1.70. The van der Waals surface area contributed by atoms with Crippen molar-refractivity contribution in [1.82, 2.24) is 9.62 Å². The Kier molecular flexibility index (Phi) is 7.02. The van der Waals surface area contributed by atoms with Gasteiger partial charge in [0.1, 0.15) is 0 Å². The van der Waals surface area contributed by atoms with E-state index in [2.05, 4.69) is 10.2 Å². The third-order valence-corrected chi connectivity index (χ3v) is 8.83. The number of benzene rings is 2. The fourth-order valence-corrected chi connectivity index (χ4v) is 6.11. The molecule has 172 valence electrons. The number of amides is 1. The lowest BCUT2D eigenvalue weighted by Crippen LogP contribution is -2.38. The number of nitrogens with zero attached hydrogens (tertiary/aromatic N) is 2. The van der Waals surface area contributed by atoms with Gasteiger partial charge in [0.15, 0.2) is 0 Å². The topological polar surface area (TPSA) is 79.0 Å². The van der Waals surface area contributed by atoms with Crippen LogP contribution in [0, 0.1) is 0 Å². The minimum Gasteiger partial charge on any atom is -0.378 e. The number of rotatable bonds is 5. The number of fused-ring (bicyclic) bond motifs is 1. The van der Waals surface area contributed by atoms with E-state index in [1.165, 1.54) is 20.2 Å². The number of hydrogen-bond acceptors (Lipinski definition) is 6. The molecule has 1 N–H and O–H groups in total. The zero-order chi connectivity index (χ0) is 22.9. The van der Waals surface area contributed by atoms with Crippen LogP contribution in [0.4, 0.5) is 5.69 Å². The minimum absolute atomic E-state index is 0.0901. The van der Waals surface area contributed by atoms with Crippen molar-refractivity contribution in [3.63, 3.8) is 0 Å². The average molecular weight is 496 g/mol. The molecule has 10 heteroatoms. The molecule has 2 heterocycles. The number of hydrogen-bond donors (Lipinski definition) is 1. The van der Waals surface area contributed by atoms with Crippen LogP contribution in [-0.4, -0.2) is 64.8 Å². The molecule has 2 aromatic carbocycles. The molecule has 0 unspecified atom stereocenters. The normalized spacial score (nSPS) is 19.0. The van der Waals surface area contributed by atoms with E-state index >= 15 is 0 Å². The average Bonchev–Trinajstić information content (AvgIpc) is 2.79. The van der Waals surface area contributed by atoms with Gasteiger partial charge in [-0.25, -0.2) is 12.7 Å². The fraction of sp³-hybridized carbons (Fsp3) is 0.409. The highest BCUT2D eigenvalue weighted by atomic mass is 35.5. The Labute approximate surface area is 198 Å². The molecule has 0 radical (unpaired) electrons. The maximum Gasteiger partial charge on any atom is 0.253 e. The lowest BCUT2D eigenvalue weighted by molar-refractivity contribution is 0.0933. The maximum absolute atomic E-state index is 13.5. The molecule has 2 aliphatic rings. The Bertz CT molecular complexity index is 1120. The Morgan fingerprint density at radius 2 is 1.94 bits per heavy atom. The summed E-state index contributed by atoms with van der Waals surface area (Å²) < 4.78 is 32.0. The van der Waals surface area contributed by atoms with Crippen molar-refractivity contribution >= 4 is 45.0 Å². The molecule has 0 aliphatic carbocycles. The fourth-order valence-electron chi connectivity index (χ4n) is 3.90. The molecule has 1 atom stereocenters. The highest BCUT2D eigenvalue weighted by Gasteiger charge is 2.27. The van der Waals surface area contributed by atoms with Gasteiger partial charge in [-0.3, -0.25) is 4.79 Å². The smallest absolute Gasteiger partial charge is 0.253 e. The van der Waals surface area contributed by atoms with E-state index in [0.717, 1.165) is 26.9 Å². The third-order valence-electron chi connectivity index (χ3n) is 5.66. The number of ether oxygens (including phenoxy) is 1. The highest BCUT2D eigenvalue weighted by molar-refractivity contribution is 7.99. The van der Waals surface area contributed by atoms with Gasteiger partial charge in [0.25, 0.3) is 5.91 Å². The van der Waals surface area contributed by atoms with Crippen molar-refractivity contribution in [2.75, 3.05) is 51.1 Å². The Morgan fingerprint density at radius 3 is 2.66 bits per heavy atom. The molecule has 32 heavy (non-hydrogen) atoms. The van der Waals surface area contributed by atoms with Crippen LogP contribution in [-0.2, 0) is 14.8 Å². The first-order valence-corrected chi connectivity index (χ1v) is 13.2. The molecular weight excluding hydrogens is 470 g/mol. The number of morpholine rings is 1. The summed E-state index contributed by atoms with van der Waals surface area (Å²) in [7, 11) is -0.723. The van der Waals surface area contributed by atoms with Gasteiger partial charge in [-0.05, 0) is 48.4 Å². The molecule has 2 aromatic rings. The second kappa shape index (κ2) is 9.61.